The van der Waals surface area contributed by atoms with Gasteiger partial charge in [-0.2, -0.15) is 0 Å². The number of carbonyl (C=O) groups is 1. The van der Waals surface area contributed by atoms with Gasteiger partial charge in [0.1, 0.15) is 5.76 Å². The van der Waals surface area contributed by atoms with Crippen LogP contribution < -0.4 is 0 Å². The van der Waals surface area contributed by atoms with Crippen molar-refractivity contribution in [3.05, 3.63) is 23.5 Å². The van der Waals surface area contributed by atoms with Gasteiger partial charge in [-0.1, -0.05) is 47.6 Å². The Morgan fingerprint density at radius 2 is 1.61 bits per heavy atom. The Labute approximate surface area is 109 Å². The Morgan fingerprint density at radius 3 is 1.94 bits per heavy atom. The molecule has 3 heteroatoms. The summed E-state index contributed by atoms with van der Waals surface area (Å²) in [7, 11) is 0. The van der Waals surface area contributed by atoms with E-state index in [0.717, 1.165) is 0 Å². The molecule has 2 N–H and O–H groups in total. The highest BCUT2D eigenvalue weighted by molar-refractivity contribution is 5.91. The van der Waals surface area contributed by atoms with Crippen LogP contribution in [0.15, 0.2) is 23.5 Å². The zero-order valence-electron chi connectivity index (χ0n) is 12.2. The molecule has 0 bridgehead atoms. The van der Waals surface area contributed by atoms with E-state index < -0.39 is 5.97 Å². The molecule has 0 unspecified atom stereocenters. The van der Waals surface area contributed by atoms with Gasteiger partial charge < -0.3 is 10.2 Å². The van der Waals surface area contributed by atoms with Crippen molar-refractivity contribution in [2.24, 2.45) is 16.2 Å². The van der Waals surface area contributed by atoms with Gasteiger partial charge in [0.25, 0.3) is 0 Å². The average molecular weight is 252 g/mol. The van der Waals surface area contributed by atoms with Crippen molar-refractivity contribution in [2.45, 2.75) is 48.0 Å². The molecule has 1 rings (SSSR count). The third-order valence-electron chi connectivity index (χ3n) is 4.19. The minimum absolute atomic E-state index is 0.0195. The van der Waals surface area contributed by atoms with Crippen LogP contribution in [0.4, 0.5) is 0 Å². The van der Waals surface area contributed by atoms with Crippen molar-refractivity contribution in [3.63, 3.8) is 0 Å². The van der Waals surface area contributed by atoms with E-state index in [1.165, 1.54) is 0 Å². The molecule has 18 heavy (non-hydrogen) atoms. The van der Waals surface area contributed by atoms with Gasteiger partial charge in [-0.15, -0.1) is 0 Å². The quantitative estimate of drug-likeness (QED) is 0.743. The van der Waals surface area contributed by atoms with E-state index >= 15 is 0 Å². The molecule has 0 amide bonds. The number of aliphatic carboxylic acids is 1. The number of aliphatic hydroxyl groups excluding tert-OH is 1. The third-order valence-corrected chi connectivity index (χ3v) is 4.19. The molecule has 0 aromatic rings. The first-order valence-electron chi connectivity index (χ1n) is 6.28. The van der Waals surface area contributed by atoms with Crippen molar-refractivity contribution < 1.29 is 15.0 Å². The van der Waals surface area contributed by atoms with E-state index in [-0.39, 0.29) is 27.6 Å². The first-order valence-corrected chi connectivity index (χ1v) is 6.28. The maximum atomic E-state index is 11.2. The van der Waals surface area contributed by atoms with Gasteiger partial charge in [0.05, 0.1) is 5.57 Å². The van der Waals surface area contributed by atoms with Crippen molar-refractivity contribution in [3.8, 4) is 0 Å². The minimum Gasteiger partial charge on any atom is -0.507 e. The molecule has 1 aliphatic rings. The van der Waals surface area contributed by atoms with Crippen LogP contribution in [0.5, 0.6) is 0 Å². The third kappa shape index (κ3) is 2.18. The Kier molecular flexibility index (Phi) is 3.41. The molecule has 102 valence electrons. The summed E-state index contributed by atoms with van der Waals surface area (Å²) in [6, 6.07) is 0. The van der Waals surface area contributed by atoms with Crippen LogP contribution in [0.1, 0.15) is 48.0 Å². The predicted molar refractivity (Wildman–Crippen MR) is 72.4 cm³/mol. The maximum absolute atomic E-state index is 11.2. The van der Waals surface area contributed by atoms with Gasteiger partial charge in [-0.25, -0.2) is 4.79 Å². The van der Waals surface area contributed by atoms with Crippen molar-refractivity contribution in [1.29, 1.82) is 0 Å². The zero-order chi connectivity index (χ0) is 14.4. The predicted octanol–water partition coefficient (Wildman–Crippen LogP) is 3.92. The van der Waals surface area contributed by atoms with Gasteiger partial charge in [0, 0.05) is 5.41 Å². The summed E-state index contributed by atoms with van der Waals surface area (Å²) in [4.78, 5) is 11.2. The van der Waals surface area contributed by atoms with Gasteiger partial charge >= 0.3 is 5.97 Å². The topological polar surface area (TPSA) is 57.5 Å². The van der Waals surface area contributed by atoms with Crippen molar-refractivity contribution in [1.82, 2.24) is 0 Å². The fourth-order valence-corrected chi connectivity index (χ4v) is 3.09. The summed E-state index contributed by atoms with van der Waals surface area (Å²) in [6.07, 6.45) is 4.05. The van der Waals surface area contributed by atoms with Crippen molar-refractivity contribution in [2.75, 3.05) is 0 Å². The molecule has 0 aromatic heterocycles. The summed E-state index contributed by atoms with van der Waals surface area (Å²) in [5, 5.41) is 18.9. The molecule has 0 radical (unpaired) electrons. The molecular formula is C15H24O3. The summed E-state index contributed by atoms with van der Waals surface area (Å²) in [5.74, 6) is -1.19. The molecule has 0 aromatic carbocycles. The first-order chi connectivity index (χ1) is 7.92. The smallest absolute Gasteiger partial charge is 0.339 e. The Hall–Kier alpha value is -1.25. The Balaban J connectivity index is 3.47. The molecule has 0 saturated heterocycles. The molecule has 0 fully saturated rings. The maximum Gasteiger partial charge on any atom is 0.339 e. The van der Waals surface area contributed by atoms with E-state index in [1.807, 2.05) is 0 Å². The molecule has 0 aliphatic heterocycles. The second kappa shape index (κ2) is 4.15. The Morgan fingerprint density at radius 1 is 1.17 bits per heavy atom. The monoisotopic (exact) mass is 252 g/mol. The number of aliphatic hydroxyl groups is 1. The van der Waals surface area contributed by atoms with Gasteiger partial charge in [-0.05, 0) is 23.3 Å². The van der Waals surface area contributed by atoms with Crippen LogP contribution >= 0.6 is 0 Å². The molecule has 0 atom stereocenters. The van der Waals surface area contributed by atoms with Gasteiger partial charge in [0.2, 0.25) is 0 Å². The lowest BCUT2D eigenvalue weighted by Gasteiger charge is -2.53. The molecule has 0 saturated carbocycles. The fraction of sp³-hybridized carbons (Fsp3) is 0.667. The fourth-order valence-electron chi connectivity index (χ4n) is 3.09. The van der Waals surface area contributed by atoms with Crippen LogP contribution in [0.2, 0.25) is 0 Å². The highest BCUT2D eigenvalue weighted by atomic mass is 16.4. The summed E-state index contributed by atoms with van der Waals surface area (Å²) in [6.45, 7) is 12.7. The second-order valence-electron chi connectivity index (χ2n) is 7.13. The van der Waals surface area contributed by atoms with Gasteiger partial charge in [0.15, 0.2) is 0 Å². The minimum atomic E-state index is -1.07. The molecule has 0 spiro atoms. The second-order valence-corrected chi connectivity index (χ2v) is 7.13. The lowest BCUT2D eigenvalue weighted by Crippen LogP contribution is -2.46. The van der Waals surface area contributed by atoms with Crippen LogP contribution in [0, 0.1) is 16.2 Å². The van der Waals surface area contributed by atoms with Crippen LogP contribution in [0.25, 0.3) is 0 Å². The van der Waals surface area contributed by atoms with E-state index in [4.69, 9.17) is 0 Å². The molecule has 0 heterocycles. The molecule has 3 nitrogen and oxygen atoms in total. The van der Waals surface area contributed by atoms with Crippen molar-refractivity contribution >= 4 is 5.97 Å². The highest BCUT2D eigenvalue weighted by Crippen LogP contribution is 2.57. The standard InChI is InChI=1S/C15H24O3/c1-13(2,3)15(14(4,5)6)8-7-11(16)10(9-15)12(17)18/h7,9,16H,8H2,1-6H3,(H,17,18). The summed E-state index contributed by atoms with van der Waals surface area (Å²) in [5.41, 5.74) is -0.460. The number of hydrogen-bond donors (Lipinski definition) is 2. The number of allylic oxidation sites excluding steroid dienone is 2. The Bertz CT molecular complexity index is 400. The lowest BCUT2D eigenvalue weighted by molar-refractivity contribution is -0.132. The van der Waals surface area contributed by atoms with Crippen LogP contribution in [-0.4, -0.2) is 16.2 Å². The van der Waals surface area contributed by atoms with E-state index in [0.29, 0.717) is 6.42 Å². The first kappa shape index (κ1) is 14.8. The average Bonchev–Trinajstić information content (AvgIpc) is 2.13. The van der Waals surface area contributed by atoms with E-state index in [2.05, 4.69) is 41.5 Å². The number of carboxylic acid groups (broad SMARTS) is 1. The van der Waals surface area contributed by atoms with E-state index in [1.54, 1.807) is 12.2 Å². The lowest BCUT2D eigenvalue weighted by atomic mass is 9.51. The van der Waals surface area contributed by atoms with Crippen LogP contribution in [0.3, 0.4) is 0 Å². The molecule has 1 aliphatic carbocycles. The van der Waals surface area contributed by atoms with Crippen LogP contribution in [-0.2, 0) is 4.79 Å². The van der Waals surface area contributed by atoms with E-state index in [9.17, 15) is 15.0 Å². The normalized spacial score (nSPS) is 20.1. The summed E-state index contributed by atoms with van der Waals surface area (Å²) < 4.78 is 0. The largest absolute Gasteiger partial charge is 0.507 e. The number of hydrogen-bond acceptors (Lipinski definition) is 2. The molecular weight excluding hydrogens is 228 g/mol. The van der Waals surface area contributed by atoms with Gasteiger partial charge in [-0.3, -0.25) is 0 Å². The number of rotatable bonds is 1. The highest BCUT2D eigenvalue weighted by Gasteiger charge is 2.50. The zero-order valence-corrected chi connectivity index (χ0v) is 12.2. The summed E-state index contributed by atoms with van der Waals surface area (Å²) >= 11 is 0. The SMILES string of the molecule is CC(C)(C)C1(C(C)(C)C)C=C(C(=O)O)C(O)=CC1. The number of carboxylic acids is 1.